The zero-order chi connectivity index (χ0) is 26.4. The number of fused-ring (bicyclic) bond motifs is 1. The third kappa shape index (κ3) is 6.18. The van der Waals surface area contributed by atoms with Gasteiger partial charge in [-0.2, -0.15) is 0 Å². The zero-order valence-corrected chi connectivity index (χ0v) is 22.6. The van der Waals surface area contributed by atoms with Crippen molar-refractivity contribution in [1.29, 1.82) is 0 Å². The van der Waals surface area contributed by atoms with E-state index in [2.05, 4.69) is 36.9 Å². The Labute approximate surface area is 221 Å². The van der Waals surface area contributed by atoms with Crippen molar-refractivity contribution in [3.8, 4) is 5.75 Å². The molecule has 0 radical (unpaired) electrons. The maximum absolute atomic E-state index is 13.6. The van der Waals surface area contributed by atoms with Crippen molar-refractivity contribution in [1.82, 2.24) is 9.80 Å². The Morgan fingerprint density at radius 2 is 1.62 bits per heavy atom. The molecule has 0 spiro atoms. The number of carbonyl (C=O) groups excluding carboxylic acids is 1. The molecule has 1 heterocycles. The van der Waals surface area contributed by atoms with Crippen LogP contribution in [0.2, 0.25) is 0 Å². The fourth-order valence-electron chi connectivity index (χ4n) is 6.08. The molecule has 2 aromatic carbocycles. The van der Waals surface area contributed by atoms with Crippen LogP contribution in [0.4, 0.5) is 0 Å². The topological polar surface area (TPSA) is 70.1 Å². The Morgan fingerprint density at radius 3 is 2.24 bits per heavy atom. The second-order valence-corrected chi connectivity index (χ2v) is 10.6. The third-order valence-corrected chi connectivity index (χ3v) is 8.15. The van der Waals surface area contributed by atoms with Crippen LogP contribution in [0, 0.1) is 5.92 Å². The number of amides is 1. The van der Waals surface area contributed by atoms with Gasteiger partial charge >= 0.3 is 5.97 Å². The lowest BCUT2D eigenvalue weighted by Crippen LogP contribution is -2.42. The first-order valence-corrected chi connectivity index (χ1v) is 14.0. The van der Waals surface area contributed by atoms with Gasteiger partial charge in [-0.05, 0) is 66.5 Å². The van der Waals surface area contributed by atoms with Gasteiger partial charge in [0.15, 0.2) is 0 Å². The van der Waals surface area contributed by atoms with Crippen molar-refractivity contribution in [3.05, 3.63) is 64.7 Å². The van der Waals surface area contributed by atoms with Gasteiger partial charge in [-0.3, -0.25) is 14.5 Å². The van der Waals surface area contributed by atoms with Crippen molar-refractivity contribution in [2.24, 2.45) is 5.92 Å². The van der Waals surface area contributed by atoms with E-state index >= 15 is 0 Å². The molecule has 1 saturated heterocycles. The van der Waals surface area contributed by atoms with Gasteiger partial charge in [-0.25, -0.2) is 0 Å². The van der Waals surface area contributed by atoms with Crippen LogP contribution in [0.5, 0.6) is 5.75 Å². The molecule has 200 valence electrons. The number of benzene rings is 2. The normalized spacial score (nSPS) is 21.1. The van der Waals surface area contributed by atoms with E-state index in [4.69, 9.17) is 4.74 Å². The molecule has 0 bridgehead atoms. The standard InChI is InChI=1S/C31H42N2O4/c1-4-6-17-32(18-7-5-2)28(34)21-33-20-27(25-12-11-22-9-8-10-24(22)19-25)29(31(35)36)30(33)23-13-15-26(37-3)16-14-23/h11-16,19,27,29-30H,4-10,17-18,20-21H2,1-3H3,(H,35,36)/t27-,29-,30+/m0/s1. The summed E-state index contributed by atoms with van der Waals surface area (Å²) in [5, 5.41) is 10.5. The zero-order valence-electron chi connectivity index (χ0n) is 22.6. The van der Waals surface area contributed by atoms with Gasteiger partial charge in [0.1, 0.15) is 5.75 Å². The molecular formula is C31H42N2O4. The summed E-state index contributed by atoms with van der Waals surface area (Å²) in [5.74, 6) is -0.797. The van der Waals surface area contributed by atoms with Gasteiger partial charge in [-0.15, -0.1) is 0 Å². The fourth-order valence-corrected chi connectivity index (χ4v) is 6.08. The van der Waals surface area contributed by atoms with E-state index < -0.39 is 11.9 Å². The molecule has 4 rings (SSSR count). The molecule has 2 aromatic rings. The molecular weight excluding hydrogens is 464 g/mol. The number of ether oxygens (including phenoxy) is 1. The largest absolute Gasteiger partial charge is 0.497 e. The number of carboxylic acid groups (broad SMARTS) is 1. The molecule has 1 amide bonds. The summed E-state index contributed by atoms with van der Waals surface area (Å²) in [6.45, 7) is 6.57. The summed E-state index contributed by atoms with van der Waals surface area (Å²) in [6, 6.07) is 13.8. The van der Waals surface area contributed by atoms with Gasteiger partial charge in [0, 0.05) is 31.6 Å². The molecule has 37 heavy (non-hydrogen) atoms. The van der Waals surface area contributed by atoms with Gasteiger partial charge in [-0.1, -0.05) is 57.0 Å². The van der Waals surface area contributed by atoms with Crippen molar-refractivity contribution < 1.29 is 19.4 Å². The monoisotopic (exact) mass is 506 g/mol. The average Bonchev–Trinajstić information content (AvgIpc) is 3.53. The van der Waals surface area contributed by atoms with Crippen molar-refractivity contribution in [3.63, 3.8) is 0 Å². The molecule has 2 aliphatic rings. The smallest absolute Gasteiger partial charge is 0.309 e. The van der Waals surface area contributed by atoms with Crippen LogP contribution in [0.1, 0.15) is 80.2 Å². The number of nitrogens with zero attached hydrogens (tertiary/aromatic N) is 2. The summed E-state index contributed by atoms with van der Waals surface area (Å²) in [6.07, 6.45) is 7.35. The Kier molecular flexibility index (Phi) is 9.25. The van der Waals surface area contributed by atoms with E-state index in [1.807, 2.05) is 29.2 Å². The van der Waals surface area contributed by atoms with Crippen LogP contribution in [-0.2, 0) is 22.4 Å². The van der Waals surface area contributed by atoms with E-state index in [-0.39, 0.29) is 24.4 Å². The molecule has 1 N–H and O–H groups in total. The van der Waals surface area contributed by atoms with E-state index in [1.165, 1.54) is 11.1 Å². The first-order valence-electron chi connectivity index (χ1n) is 14.0. The van der Waals surface area contributed by atoms with Crippen LogP contribution < -0.4 is 4.74 Å². The number of rotatable bonds is 12. The summed E-state index contributed by atoms with van der Waals surface area (Å²) in [7, 11) is 1.63. The molecule has 0 aromatic heterocycles. The first kappa shape index (κ1) is 27.2. The van der Waals surface area contributed by atoms with E-state index in [0.717, 1.165) is 74.9 Å². The lowest BCUT2D eigenvalue weighted by molar-refractivity contribution is -0.144. The highest BCUT2D eigenvalue weighted by Gasteiger charge is 2.48. The maximum atomic E-state index is 13.6. The molecule has 1 aliphatic carbocycles. The first-order chi connectivity index (χ1) is 18.0. The van der Waals surface area contributed by atoms with Crippen molar-refractivity contribution in [2.45, 2.75) is 70.8 Å². The predicted molar refractivity (Wildman–Crippen MR) is 146 cm³/mol. The molecule has 0 saturated carbocycles. The molecule has 3 atom stereocenters. The highest BCUT2D eigenvalue weighted by molar-refractivity contribution is 5.79. The van der Waals surface area contributed by atoms with E-state index in [0.29, 0.717) is 6.54 Å². The fraction of sp³-hybridized carbons (Fsp3) is 0.548. The Bertz CT molecular complexity index is 1060. The highest BCUT2D eigenvalue weighted by Crippen LogP contribution is 2.46. The molecule has 6 heteroatoms. The van der Waals surface area contributed by atoms with Gasteiger partial charge in [0.25, 0.3) is 0 Å². The number of carboxylic acids is 1. The van der Waals surface area contributed by atoms with Crippen LogP contribution in [0.25, 0.3) is 0 Å². The molecule has 0 unspecified atom stereocenters. The SMILES string of the molecule is CCCCN(CCCC)C(=O)CN1C[C@@H](c2ccc3c(c2)CCC3)[C@H](C(=O)O)[C@H]1c1ccc(OC)cc1. The minimum Gasteiger partial charge on any atom is -0.497 e. The summed E-state index contributed by atoms with van der Waals surface area (Å²) < 4.78 is 5.35. The average molecular weight is 507 g/mol. The lowest BCUT2D eigenvalue weighted by Gasteiger charge is -2.30. The van der Waals surface area contributed by atoms with Gasteiger partial charge in [0.2, 0.25) is 5.91 Å². The number of carbonyl (C=O) groups is 2. The Balaban J connectivity index is 1.67. The van der Waals surface area contributed by atoms with Crippen LogP contribution in [0.3, 0.4) is 0 Å². The number of methoxy groups -OCH3 is 1. The number of aryl methyl sites for hydroxylation is 2. The molecule has 1 aliphatic heterocycles. The van der Waals surface area contributed by atoms with Gasteiger partial charge < -0.3 is 14.7 Å². The van der Waals surface area contributed by atoms with E-state index in [9.17, 15) is 14.7 Å². The van der Waals surface area contributed by atoms with Crippen LogP contribution >= 0.6 is 0 Å². The highest BCUT2D eigenvalue weighted by atomic mass is 16.5. The minimum absolute atomic E-state index is 0.0964. The number of likely N-dealkylation sites (tertiary alicyclic amines) is 1. The Morgan fingerprint density at radius 1 is 0.973 bits per heavy atom. The third-order valence-electron chi connectivity index (χ3n) is 8.15. The Hall–Kier alpha value is -2.86. The van der Waals surface area contributed by atoms with Crippen LogP contribution in [-0.4, -0.2) is 60.1 Å². The quantitative estimate of drug-likeness (QED) is 0.414. The van der Waals surface area contributed by atoms with Crippen molar-refractivity contribution >= 4 is 11.9 Å². The minimum atomic E-state index is -0.810. The lowest BCUT2D eigenvalue weighted by atomic mass is 9.82. The second-order valence-electron chi connectivity index (χ2n) is 10.6. The molecule has 6 nitrogen and oxygen atoms in total. The predicted octanol–water partition coefficient (Wildman–Crippen LogP) is 5.45. The number of hydrogen-bond acceptors (Lipinski definition) is 4. The second kappa shape index (κ2) is 12.6. The number of hydrogen-bond donors (Lipinski definition) is 1. The summed E-state index contributed by atoms with van der Waals surface area (Å²) >= 11 is 0. The van der Waals surface area contributed by atoms with Crippen LogP contribution in [0.15, 0.2) is 42.5 Å². The molecule has 1 fully saturated rings. The number of unbranched alkanes of at least 4 members (excludes halogenated alkanes) is 2. The maximum Gasteiger partial charge on any atom is 0.309 e. The summed E-state index contributed by atoms with van der Waals surface area (Å²) in [4.78, 5) is 30.5. The number of aliphatic carboxylic acids is 1. The summed E-state index contributed by atoms with van der Waals surface area (Å²) in [5.41, 5.74) is 4.73. The van der Waals surface area contributed by atoms with Gasteiger partial charge in [0.05, 0.1) is 19.6 Å². The van der Waals surface area contributed by atoms with E-state index in [1.54, 1.807) is 7.11 Å². The van der Waals surface area contributed by atoms with Crippen molar-refractivity contribution in [2.75, 3.05) is 33.3 Å².